The molecule has 7 nitrogen and oxygen atoms in total. The van der Waals surface area contributed by atoms with Crippen molar-refractivity contribution in [2.75, 3.05) is 25.6 Å². The van der Waals surface area contributed by atoms with Gasteiger partial charge in [-0.1, -0.05) is 11.6 Å². The molecule has 0 fully saturated rings. The van der Waals surface area contributed by atoms with Gasteiger partial charge >= 0.3 is 0 Å². The molecule has 3 N–H and O–H groups in total. The third-order valence-electron chi connectivity index (χ3n) is 3.64. The smallest absolute Gasteiger partial charge is 0.254 e. The topological polar surface area (TPSA) is 96.4 Å². The van der Waals surface area contributed by atoms with Crippen molar-refractivity contribution in [2.45, 2.75) is 6.54 Å². The molecule has 3 aromatic rings. The minimum absolute atomic E-state index is 0.0279. The van der Waals surface area contributed by atoms with Crippen molar-refractivity contribution < 1.29 is 14.6 Å². The fraction of sp³-hybridized carbons (Fsp3) is 0.235. The van der Waals surface area contributed by atoms with Crippen molar-refractivity contribution >= 4 is 45.0 Å². The Kier molecular flexibility index (Phi) is 5.87. The van der Waals surface area contributed by atoms with E-state index in [1.807, 2.05) is 0 Å². The van der Waals surface area contributed by atoms with Gasteiger partial charge < -0.3 is 20.5 Å². The summed E-state index contributed by atoms with van der Waals surface area (Å²) in [6.07, 6.45) is 1.66. The van der Waals surface area contributed by atoms with Gasteiger partial charge in [-0.05, 0) is 18.2 Å². The van der Waals surface area contributed by atoms with Gasteiger partial charge in [0.1, 0.15) is 5.75 Å². The zero-order chi connectivity index (χ0) is 18.5. The van der Waals surface area contributed by atoms with E-state index in [2.05, 4.69) is 20.6 Å². The SMILES string of the molecule is COc1ccc(Cl)cc1CNC(=O)c1csc2cnc(NCCO)nc12. The van der Waals surface area contributed by atoms with Gasteiger partial charge in [0.25, 0.3) is 5.91 Å². The molecule has 3 rings (SSSR count). The summed E-state index contributed by atoms with van der Waals surface area (Å²) in [4.78, 5) is 21.1. The van der Waals surface area contributed by atoms with Crippen LogP contribution < -0.4 is 15.4 Å². The van der Waals surface area contributed by atoms with E-state index in [1.165, 1.54) is 11.3 Å². The van der Waals surface area contributed by atoms with E-state index in [-0.39, 0.29) is 19.1 Å². The molecule has 26 heavy (non-hydrogen) atoms. The van der Waals surface area contributed by atoms with Gasteiger partial charge in [-0.25, -0.2) is 9.97 Å². The van der Waals surface area contributed by atoms with Crippen molar-refractivity contribution in [3.8, 4) is 5.75 Å². The first-order valence-corrected chi connectivity index (χ1v) is 9.07. The van der Waals surface area contributed by atoms with Crippen molar-refractivity contribution in [3.05, 3.63) is 45.9 Å². The summed E-state index contributed by atoms with van der Waals surface area (Å²) in [5.74, 6) is 0.781. The Balaban J connectivity index is 1.78. The van der Waals surface area contributed by atoms with E-state index in [9.17, 15) is 4.79 Å². The van der Waals surface area contributed by atoms with Crippen molar-refractivity contribution in [3.63, 3.8) is 0 Å². The third-order valence-corrected chi connectivity index (χ3v) is 4.78. The molecule has 2 heterocycles. The molecule has 1 aromatic carbocycles. The van der Waals surface area contributed by atoms with Gasteiger partial charge in [-0.15, -0.1) is 11.3 Å². The fourth-order valence-corrected chi connectivity index (χ4v) is 3.44. The molecule has 0 atom stereocenters. The fourth-order valence-electron chi connectivity index (χ4n) is 2.40. The molecule has 0 aliphatic rings. The first-order valence-electron chi connectivity index (χ1n) is 7.82. The molecule has 0 spiro atoms. The molecule has 1 amide bonds. The van der Waals surface area contributed by atoms with Crippen LogP contribution in [0.2, 0.25) is 5.02 Å². The van der Waals surface area contributed by atoms with Gasteiger partial charge in [-0.3, -0.25) is 4.79 Å². The van der Waals surface area contributed by atoms with Crippen LogP contribution in [-0.2, 0) is 6.54 Å². The van der Waals surface area contributed by atoms with Gasteiger partial charge in [0.2, 0.25) is 5.95 Å². The maximum atomic E-state index is 12.6. The van der Waals surface area contributed by atoms with E-state index in [0.717, 1.165) is 10.3 Å². The number of carbonyl (C=O) groups excluding carboxylic acids is 1. The lowest BCUT2D eigenvalue weighted by molar-refractivity contribution is 0.0952. The van der Waals surface area contributed by atoms with Crippen LogP contribution in [0.4, 0.5) is 5.95 Å². The molecule has 0 saturated heterocycles. The van der Waals surface area contributed by atoms with Gasteiger partial charge in [0.15, 0.2) is 0 Å². The normalized spacial score (nSPS) is 10.7. The minimum Gasteiger partial charge on any atom is -0.496 e. The molecule has 0 radical (unpaired) electrons. The highest BCUT2D eigenvalue weighted by atomic mass is 35.5. The number of aliphatic hydroxyl groups excluding tert-OH is 1. The third kappa shape index (κ3) is 4.04. The lowest BCUT2D eigenvalue weighted by Crippen LogP contribution is -2.23. The predicted molar refractivity (Wildman–Crippen MR) is 102 cm³/mol. The summed E-state index contributed by atoms with van der Waals surface area (Å²) in [6, 6.07) is 5.25. The Bertz CT molecular complexity index is 932. The number of hydrogen-bond donors (Lipinski definition) is 3. The molecule has 136 valence electrons. The van der Waals surface area contributed by atoms with Crippen molar-refractivity contribution in [1.29, 1.82) is 0 Å². The van der Waals surface area contributed by atoms with Crippen molar-refractivity contribution in [1.82, 2.24) is 15.3 Å². The highest BCUT2D eigenvalue weighted by Crippen LogP contribution is 2.25. The first-order chi connectivity index (χ1) is 12.6. The van der Waals surface area contributed by atoms with Crippen LogP contribution in [0.5, 0.6) is 5.75 Å². The summed E-state index contributed by atoms with van der Waals surface area (Å²) in [6.45, 7) is 0.589. The average molecular weight is 393 g/mol. The number of amides is 1. The largest absolute Gasteiger partial charge is 0.496 e. The molecule has 2 aromatic heterocycles. The van der Waals surface area contributed by atoms with Crippen LogP contribution in [-0.4, -0.2) is 41.2 Å². The number of aliphatic hydroxyl groups is 1. The number of nitrogens with one attached hydrogen (secondary N) is 2. The van der Waals surface area contributed by atoms with Crippen LogP contribution in [0.25, 0.3) is 10.2 Å². The number of anilines is 1. The molecular formula is C17H17ClN4O3S. The quantitative estimate of drug-likeness (QED) is 0.572. The number of hydrogen-bond acceptors (Lipinski definition) is 7. The summed E-state index contributed by atoms with van der Waals surface area (Å²) in [5.41, 5.74) is 1.83. The summed E-state index contributed by atoms with van der Waals surface area (Å²) in [7, 11) is 1.57. The Morgan fingerprint density at radius 2 is 2.27 bits per heavy atom. The van der Waals surface area contributed by atoms with Gasteiger partial charge in [-0.2, -0.15) is 0 Å². The predicted octanol–water partition coefficient (Wildman–Crippen LogP) is 2.69. The maximum Gasteiger partial charge on any atom is 0.254 e. The molecule has 0 aliphatic heterocycles. The summed E-state index contributed by atoms with van der Waals surface area (Å²) < 4.78 is 6.10. The Morgan fingerprint density at radius 3 is 3.04 bits per heavy atom. The molecule has 0 bridgehead atoms. The van der Waals surface area contributed by atoms with Gasteiger partial charge in [0, 0.05) is 29.1 Å². The number of fused-ring (bicyclic) bond motifs is 1. The molecule has 0 saturated carbocycles. The lowest BCUT2D eigenvalue weighted by Gasteiger charge is -2.10. The zero-order valence-corrected chi connectivity index (χ0v) is 15.5. The van der Waals surface area contributed by atoms with Gasteiger partial charge in [0.05, 0.1) is 35.7 Å². The first kappa shape index (κ1) is 18.4. The molecule has 0 aliphatic carbocycles. The van der Waals surface area contributed by atoms with Crippen LogP contribution >= 0.6 is 22.9 Å². The number of aromatic nitrogens is 2. The number of halogens is 1. The van der Waals surface area contributed by atoms with Crippen molar-refractivity contribution in [2.24, 2.45) is 0 Å². The minimum atomic E-state index is -0.245. The number of thiophene rings is 1. The number of benzene rings is 1. The summed E-state index contributed by atoms with van der Waals surface area (Å²) in [5, 5.41) is 17.0. The second kappa shape index (κ2) is 8.31. The number of rotatable bonds is 7. The lowest BCUT2D eigenvalue weighted by atomic mass is 10.2. The standard InChI is InChI=1S/C17H17ClN4O3S/c1-25-13-3-2-11(18)6-10(13)7-20-16(24)12-9-26-14-8-21-17(19-4-5-23)22-15(12)14/h2-3,6,8-9,23H,4-5,7H2,1H3,(H,20,24)(H,19,21,22). The number of ether oxygens (including phenoxy) is 1. The second-order valence-electron chi connectivity index (χ2n) is 5.35. The Morgan fingerprint density at radius 1 is 1.42 bits per heavy atom. The summed E-state index contributed by atoms with van der Waals surface area (Å²) >= 11 is 7.42. The highest BCUT2D eigenvalue weighted by Gasteiger charge is 2.15. The van der Waals surface area contributed by atoms with E-state index in [4.69, 9.17) is 21.4 Å². The van der Waals surface area contributed by atoms with Crippen LogP contribution in [0.3, 0.4) is 0 Å². The Labute approximate surface area is 159 Å². The van der Waals surface area contributed by atoms with E-state index >= 15 is 0 Å². The Hall–Kier alpha value is -2.42. The number of nitrogens with zero attached hydrogens (tertiary/aromatic N) is 2. The molecular weight excluding hydrogens is 376 g/mol. The van der Waals surface area contributed by atoms with Crippen LogP contribution in [0.15, 0.2) is 29.8 Å². The monoisotopic (exact) mass is 392 g/mol. The highest BCUT2D eigenvalue weighted by molar-refractivity contribution is 7.17. The molecule has 9 heteroatoms. The second-order valence-corrected chi connectivity index (χ2v) is 6.69. The van der Waals surface area contributed by atoms with E-state index < -0.39 is 0 Å². The number of carbonyl (C=O) groups is 1. The average Bonchev–Trinajstić information content (AvgIpc) is 3.07. The van der Waals surface area contributed by atoms with Crippen LogP contribution in [0.1, 0.15) is 15.9 Å². The molecule has 0 unspecified atom stereocenters. The van der Waals surface area contributed by atoms with E-state index in [0.29, 0.717) is 34.3 Å². The zero-order valence-electron chi connectivity index (χ0n) is 14.0. The van der Waals surface area contributed by atoms with E-state index in [1.54, 1.807) is 36.9 Å². The maximum absolute atomic E-state index is 12.6. The number of methoxy groups -OCH3 is 1. The van der Waals surface area contributed by atoms with Crippen LogP contribution in [0, 0.1) is 0 Å².